The monoisotopic (exact) mass is 295 g/mol. The lowest BCUT2D eigenvalue weighted by atomic mass is 10.1. The lowest BCUT2D eigenvalue weighted by molar-refractivity contribution is -0.153. The number of ether oxygens (including phenoxy) is 2. The molecule has 3 rings (SSSR count). The van der Waals surface area contributed by atoms with E-state index >= 15 is 0 Å². The van der Waals surface area contributed by atoms with Crippen LogP contribution >= 0.6 is 0 Å². The van der Waals surface area contributed by atoms with E-state index in [1.54, 1.807) is 0 Å². The number of hydrogen-bond donors (Lipinski definition) is 0. The minimum Gasteiger partial charge on any atom is -0.463 e. The van der Waals surface area contributed by atoms with Gasteiger partial charge in [-0.2, -0.15) is 0 Å². The van der Waals surface area contributed by atoms with Crippen LogP contribution in [0.3, 0.4) is 0 Å². The first kappa shape index (κ1) is 14.8. The van der Waals surface area contributed by atoms with E-state index in [0.29, 0.717) is 25.6 Å². The molecule has 21 heavy (non-hydrogen) atoms. The van der Waals surface area contributed by atoms with Gasteiger partial charge in [-0.1, -0.05) is 12.8 Å². The van der Waals surface area contributed by atoms with Gasteiger partial charge in [0.1, 0.15) is 6.61 Å². The third-order valence-corrected chi connectivity index (χ3v) is 4.94. The molecule has 0 bridgehead atoms. The zero-order valence-electron chi connectivity index (χ0n) is 12.6. The minimum atomic E-state index is -0.276. The van der Waals surface area contributed by atoms with Gasteiger partial charge in [0, 0.05) is 25.6 Å². The van der Waals surface area contributed by atoms with Crippen LogP contribution in [0, 0.1) is 5.92 Å². The van der Waals surface area contributed by atoms with Crippen molar-refractivity contribution in [2.75, 3.05) is 19.8 Å². The Balaban J connectivity index is 1.45. The van der Waals surface area contributed by atoms with Crippen LogP contribution in [0.2, 0.25) is 0 Å². The molecule has 1 amide bonds. The molecule has 2 saturated heterocycles. The molecule has 1 saturated carbocycles. The lowest BCUT2D eigenvalue weighted by Crippen LogP contribution is -2.35. The second-order valence-corrected chi connectivity index (χ2v) is 6.50. The fourth-order valence-electron chi connectivity index (χ4n) is 3.69. The van der Waals surface area contributed by atoms with E-state index in [1.807, 2.05) is 4.90 Å². The molecule has 5 heteroatoms. The predicted octanol–water partition coefficient (Wildman–Crippen LogP) is 1.89. The van der Waals surface area contributed by atoms with Crippen LogP contribution < -0.4 is 0 Å². The molecule has 0 aromatic heterocycles. The number of hydrogen-bond acceptors (Lipinski definition) is 4. The van der Waals surface area contributed by atoms with Crippen molar-refractivity contribution >= 4 is 11.9 Å². The van der Waals surface area contributed by atoms with E-state index in [-0.39, 0.29) is 23.9 Å². The first-order chi connectivity index (χ1) is 10.2. The SMILES string of the molecule is O=C(OC[C@@H]1CCCCO1)[C@@H]1CC(=O)N(C2CCCC2)C1. The summed E-state index contributed by atoms with van der Waals surface area (Å²) < 4.78 is 10.9. The highest BCUT2D eigenvalue weighted by Crippen LogP contribution is 2.30. The summed E-state index contributed by atoms with van der Waals surface area (Å²) in [5.74, 6) is -0.377. The third-order valence-electron chi connectivity index (χ3n) is 4.94. The van der Waals surface area contributed by atoms with Crippen LogP contribution in [0.25, 0.3) is 0 Å². The van der Waals surface area contributed by atoms with Crippen LogP contribution in [0.5, 0.6) is 0 Å². The number of rotatable bonds is 4. The molecular weight excluding hydrogens is 270 g/mol. The second-order valence-electron chi connectivity index (χ2n) is 6.50. The molecule has 0 radical (unpaired) electrons. The Morgan fingerprint density at radius 3 is 2.67 bits per heavy atom. The molecule has 0 spiro atoms. The summed E-state index contributed by atoms with van der Waals surface area (Å²) in [6.07, 6.45) is 8.13. The number of carbonyl (C=O) groups excluding carboxylic acids is 2. The number of likely N-dealkylation sites (tertiary alicyclic amines) is 1. The largest absolute Gasteiger partial charge is 0.463 e. The fourth-order valence-corrected chi connectivity index (χ4v) is 3.69. The van der Waals surface area contributed by atoms with Crippen molar-refractivity contribution in [3.05, 3.63) is 0 Å². The van der Waals surface area contributed by atoms with Crippen LogP contribution in [-0.4, -0.2) is 48.7 Å². The molecule has 0 aromatic rings. The van der Waals surface area contributed by atoms with Crippen LogP contribution in [0.1, 0.15) is 51.4 Å². The van der Waals surface area contributed by atoms with Gasteiger partial charge in [-0.15, -0.1) is 0 Å². The summed E-state index contributed by atoms with van der Waals surface area (Å²) in [7, 11) is 0. The molecule has 0 N–H and O–H groups in total. The summed E-state index contributed by atoms with van der Waals surface area (Å²) in [4.78, 5) is 26.1. The van der Waals surface area contributed by atoms with Crippen molar-refractivity contribution in [3.8, 4) is 0 Å². The van der Waals surface area contributed by atoms with E-state index in [2.05, 4.69) is 0 Å². The molecule has 5 nitrogen and oxygen atoms in total. The highest BCUT2D eigenvalue weighted by atomic mass is 16.6. The van der Waals surface area contributed by atoms with Gasteiger partial charge in [0.05, 0.1) is 12.0 Å². The van der Waals surface area contributed by atoms with E-state index in [9.17, 15) is 9.59 Å². The summed E-state index contributed by atoms with van der Waals surface area (Å²) in [5.41, 5.74) is 0. The first-order valence-electron chi connectivity index (χ1n) is 8.32. The Morgan fingerprint density at radius 2 is 1.95 bits per heavy atom. The average molecular weight is 295 g/mol. The number of esters is 1. The van der Waals surface area contributed by atoms with Crippen LogP contribution in [0.15, 0.2) is 0 Å². The van der Waals surface area contributed by atoms with Crippen molar-refractivity contribution in [3.63, 3.8) is 0 Å². The van der Waals surface area contributed by atoms with Gasteiger partial charge in [-0.3, -0.25) is 9.59 Å². The van der Waals surface area contributed by atoms with Gasteiger partial charge in [-0.05, 0) is 32.1 Å². The van der Waals surface area contributed by atoms with E-state index in [0.717, 1.165) is 38.7 Å². The topological polar surface area (TPSA) is 55.8 Å². The lowest BCUT2D eigenvalue weighted by Gasteiger charge is -2.24. The highest BCUT2D eigenvalue weighted by molar-refractivity contribution is 5.87. The van der Waals surface area contributed by atoms with E-state index in [1.165, 1.54) is 12.8 Å². The zero-order chi connectivity index (χ0) is 14.7. The van der Waals surface area contributed by atoms with Crippen molar-refractivity contribution in [2.45, 2.75) is 63.5 Å². The molecule has 3 fully saturated rings. The maximum absolute atomic E-state index is 12.1. The molecule has 118 valence electrons. The maximum atomic E-state index is 12.1. The molecule has 2 aliphatic heterocycles. The molecule has 3 aliphatic rings. The number of nitrogens with zero attached hydrogens (tertiary/aromatic N) is 1. The van der Waals surface area contributed by atoms with Gasteiger partial charge in [0.25, 0.3) is 0 Å². The fraction of sp³-hybridized carbons (Fsp3) is 0.875. The Bertz CT molecular complexity index is 386. The number of carbonyl (C=O) groups is 2. The summed E-state index contributed by atoms with van der Waals surface area (Å²) in [5, 5.41) is 0. The van der Waals surface area contributed by atoms with Crippen molar-refractivity contribution in [1.29, 1.82) is 0 Å². The molecule has 0 aromatic carbocycles. The van der Waals surface area contributed by atoms with E-state index in [4.69, 9.17) is 9.47 Å². The van der Waals surface area contributed by atoms with E-state index < -0.39 is 0 Å². The Hall–Kier alpha value is -1.10. The maximum Gasteiger partial charge on any atom is 0.311 e. The first-order valence-corrected chi connectivity index (χ1v) is 8.32. The highest BCUT2D eigenvalue weighted by Gasteiger charge is 2.39. The van der Waals surface area contributed by atoms with Crippen molar-refractivity contribution in [2.24, 2.45) is 5.92 Å². The quantitative estimate of drug-likeness (QED) is 0.743. The number of amides is 1. The summed E-state index contributed by atoms with van der Waals surface area (Å²) in [6, 6.07) is 0.358. The smallest absolute Gasteiger partial charge is 0.311 e. The van der Waals surface area contributed by atoms with Crippen molar-refractivity contribution < 1.29 is 19.1 Å². The van der Waals surface area contributed by atoms with Gasteiger partial charge in [0.15, 0.2) is 0 Å². The Labute approximate surface area is 126 Å². The summed E-state index contributed by atoms with van der Waals surface area (Å²) in [6.45, 7) is 1.65. The predicted molar refractivity (Wildman–Crippen MR) is 76.6 cm³/mol. The minimum absolute atomic E-state index is 0.0470. The Kier molecular flexibility index (Phi) is 4.78. The van der Waals surface area contributed by atoms with Crippen LogP contribution in [0.4, 0.5) is 0 Å². The molecule has 1 aliphatic carbocycles. The van der Waals surface area contributed by atoms with Gasteiger partial charge in [0.2, 0.25) is 5.91 Å². The van der Waals surface area contributed by atoms with Crippen molar-refractivity contribution in [1.82, 2.24) is 4.90 Å². The van der Waals surface area contributed by atoms with Gasteiger partial charge in [-0.25, -0.2) is 0 Å². The average Bonchev–Trinajstić information content (AvgIpc) is 3.15. The Morgan fingerprint density at radius 1 is 1.19 bits per heavy atom. The molecule has 0 unspecified atom stereocenters. The van der Waals surface area contributed by atoms with Gasteiger partial charge >= 0.3 is 5.97 Å². The normalized spacial score (nSPS) is 30.9. The molecular formula is C16H25NO4. The molecule has 2 atom stereocenters. The second kappa shape index (κ2) is 6.77. The molecule has 2 heterocycles. The zero-order valence-corrected chi connectivity index (χ0v) is 12.6. The standard InChI is InChI=1S/C16H25NO4/c18-15-9-12(10-17(15)13-5-1-2-6-13)16(19)21-11-14-7-3-4-8-20-14/h12-14H,1-11H2/t12-,14+/m1/s1. The summed E-state index contributed by atoms with van der Waals surface area (Å²) >= 11 is 0. The third kappa shape index (κ3) is 3.57. The van der Waals surface area contributed by atoms with Gasteiger partial charge < -0.3 is 14.4 Å². The van der Waals surface area contributed by atoms with Crippen LogP contribution in [-0.2, 0) is 19.1 Å².